The van der Waals surface area contributed by atoms with Crippen molar-refractivity contribution >= 4 is 26.9 Å². The van der Waals surface area contributed by atoms with Gasteiger partial charge in [0.05, 0.1) is 5.52 Å². The molecule has 3 N–H and O–H groups in total. The largest absolute Gasteiger partial charge is 0.484 e. The number of furan rings is 1. The Morgan fingerprint density at radius 1 is 0.850 bits per heavy atom. The number of benzene rings is 2. The molecular weight excluding hydrogens is 800 g/mol. The third kappa shape index (κ3) is 14.1. The molecule has 2 aromatic carbocycles. The summed E-state index contributed by atoms with van der Waals surface area (Å²) in [6.07, 6.45) is 8.49. The van der Waals surface area contributed by atoms with Crippen molar-refractivity contribution in [1.82, 2.24) is 19.4 Å². The maximum absolute atomic E-state index is 13.6. The van der Waals surface area contributed by atoms with Crippen molar-refractivity contribution in [3.63, 3.8) is 0 Å². The van der Waals surface area contributed by atoms with Crippen LogP contribution in [-0.2, 0) is 30.1 Å². The fraction of sp³-hybridized carbons (Fsp3) is 0.455. The summed E-state index contributed by atoms with van der Waals surface area (Å²) >= 11 is 0. The molecule has 1 aliphatic rings. The Kier molecular flexibility index (Phi) is 16.6. The molecule has 0 aliphatic carbocycles. The second-order valence-corrected chi connectivity index (χ2v) is 16.5. The molecule has 3 aromatic heterocycles. The lowest BCUT2D eigenvalue weighted by atomic mass is 10.1. The van der Waals surface area contributed by atoms with E-state index in [9.17, 15) is 26.4 Å². The van der Waals surface area contributed by atoms with Crippen LogP contribution < -0.4 is 15.2 Å². The number of nitrogens with zero attached hydrogens (tertiary/aromatic N) is 4. The summed E-state index contributed by atoms with van der Waals surface area (Å²) in [6, 6.07) is 19.7. The van der Waals surface area contributed by atoms with Crippen molar-refractivity contribution in [3.8, 4) is 17.4 Å². The number of aryl methyl sites for hydroxylation is 4. The first-order valence-electron chi connectivity index (χ1n) is 20.4. The first-order chi connectivity index (χ1) is 28.6. The molecule has 5 aromatic rings. The molecule has 16 heteroatoms. The smallest absolute Gasteiger partial charge is 0.422 e. The van der Waals surface area contributed by atoms with E-state index in [2.05, 4.69) is 16.0 Å². The van der Waals surface area contributed by atoms with Crippen LogP contribution in [0.15, 0.2) is 82.2 Å². The van der Waals surface area contributed by atoms with Crippen LogP contribution in [0.4, 0.5) is 13.2 Å². The van der Waals surface area contributed by atoms with Crippen LogP contribution in [0.2, 0.25) is 0 Å². The average molecular weight is 856 g/mol. The van der Waals surface area contributed by atoms with Gasteiger partial charge in [0.1, 0.15) is 33.6 Å². The third-order valence-electron chi connectivity index (χ3n) is 10.3. The minimum atomic E-state index is -4.37. The molecule has 0 atom stereocenters. The molecule has 0 bridgehead atoms. The molecule has 4 heterocycles. The Balaban J connectivity index is 0.000000538. The number of alkyl halides is 3. The number of ether oxygens (including phenoxy) is 2. The number of unbranched alkanes of at least 4 members (excludes halogenated alkanes) is 7. The Bertz CT molecular complexity index is 2230. The molecule has 0 spiro atoms. The first kappa shape index (κ1) is 46.2. The summed E-state index contributed by atoms with van der Waals surface area (Å²) in [5.74, 6) is 2.04. The fourth-order valence-electron chi connectivity index (χ4n) is 7.10. The minimum absolute atomic E-state index is 0.0215. The normalized spacial score (nSPS) is 13.6. The number of pyridine rings is 1. The van der Waals surface area contributed by atoms with Crippen LogP contribution in [0.3, 0.4) is 0 Å². The molecular formula is C44H56F3N5O7S. The van der Waals surface area contributed by atoms with Gasteiger partial charge < -0.3 is 29.1 Å². The monoisotopic (exact) mass is 855 g/mol. The van der Waals surface area contributed by atoms with Gasteiger partial charge in [-0.15, -0.1) is 0 Å². The lowest BCUT2D eigenvalue weighted by Gasteiger charge is -2.34. The van der Waals surface area contributed by atoms with Gasteiger partial charge in [-0.3, -0.25) is 14.2 Å². The average Bonchev–Trinajstić information content (AvgIpc) is 3.74. The van der Waals surface area contributed by atoms with Crippen LogP contribution >= 0.6 is 0 Å². The number of rotatable bonds is 18. The van der Waals surface area contributed by atoms with Gasteiger partial charge in [-0.05, 0) is 81.1 Å². The van der Waals surface area contributed by atoms with E-state index in [1.807, 2.05) is 53.0 Å². The number of piperazine rings is 1. The lowest BCUT2D eigenvalue weighted by molar-refractivity contribution is -0.153. The number of amides is 1. The predicted octanol–water partition coefficient (Wildman–Crippen LogP) is 9.03. The summed E-state index contributed by atoms with van der Waals surface area (Å²) in [5.41, 5.74) is 9.26. The van der Waals surface area contributed by atoms with E-state index in [0.717, 1.165) is 42.3 Å². The summed E-state index contributed by atoms with van der Waals surface area (Å²) in [6.45, 7) is 5.79. The van der Waals surface area contributed by atoms with E-state index >= 15 is 0 Å². The molecule has 0 unspecified atom stereocenters. The van der Waals surface area contributed by atoms with Crippen molar-refractivity contribution in [2.24, 2.45) is 12.8 Å². The van der Waals surface area contributed by atoms with Gasteiger partial charge in [0, 0.05) is 69.6 Å². The molecule has 0 saturated carbocycles. The quantitative estimate of drug-likeness (QED) is 0.0645. The van der Waals surface area contributed by atoms with Crippen molar-refractivity contribution in [2.45, 2.75) is 89.3 Å². The summed E-state index contributed by atoms with van der Waals surface area (Å²) in [7, 11) is -2.21. The zero-order valence-electron chi connectivity index (χ0n) is 34.5. The molecule has 326 valence electrons. The number of nitrogens with two attached hydrogens (primary N) is 1. The number of carbonyl (C=O) groups is 1. The number of carbonyl (C=O) groups excluding carboxylic acids is 1. The van der Waals surface area contributed by atoms with Gasteiger partial charge >= 0.3 is 6.18 Å². The number of aromatic nitrogens is 2. The second-order valence-electron chi connectivity index (χ2n) is 15.2. The molecule has 1 amide bonds. The number of fused-ring (bicyclic) bond motifs is 1. The van der Waals surface area contributed by atoms with Gasteiger partial charge in [0.25, 0.3) is 16.0 Å². The minimum Gasteiger partial charge on any atom is -0.484 e. The van der Waals surface area contributed by atoms with Crippen LogP contribution in [0.25, 0.3) is 10.9 Å². The maximum Gasteiger partial charge on any atom is 0.422 e. The molecule has 12 nitrogen and oxygen atoms in total. The zero-order chi connectivity index (χ0) is 43.3. The molecule has 60 heavy (non-hydrogen) atoms. The van der Waals surface area contributed by atoms with E-state index in [-0.39, 0.29) is 22.3 Å². The Labute approximate surface area is 350 Å². The van der Waals surface area contributed by atoms with E-state index in [0.29, 0.717) is 55.8 Å². The Hall–Kier alpha value is -4.90. The second kappa shape index (κ2) is 21.6. The molecule has 1 saturated heterocycles. The SMILES string of the molecule is Cc1cc(S(=O)(=O)O)c(C)o1.Cn1c(C(=O)N2CCN(Cc3ccc(OCC(F)(F)F)cc3)CC2)cc2ccc(Oc3ccc(CCCCCCCCCCN)cn3)cc21. The van der Waals surface area contributed by atoms with E-state index in [1.165, 1.54) is 57.1 Å². The zero-order valence-corrected chi connectivity index (χ0v) is 35.4. The highest BCUT2D eigenvalue weighted by atomic mass is 32.2. The highest BCUT2D eigenvalue weighted by molar-refractivity contribution is 7.85. The predicted molar refractivity (Wildman–Crippen MR) is 224 cm³/mol. The molecule has 0 radical (unpaired) electrons. The Morgan fingerprint density at radius 2 is 1.48 bits per heavy atom. The van der Waals surface area contributed by atoms with Crippen LogP contribution in [0.1, 0.15) is 84.5 Å². The highest BCUT2D eigenvalue weighted by Crippen LogP contribution is 2.28. The Morgan fingerprint density at radius 3 is 2.05 bits per heavy atom. The number of hydrogen-bond donors (Lipinski definition) is 2. The van der Waals surface area contributed by atoms with Crippen molar-refractivity contribution in [2.75, 3.05) is 39.3 Å². The summed E-state index contributed by atoms with van der Waals surface area (Å²) in [4.78, 5) is 22.0. The fourth-order valence-corrected chi connectivity index (χ4v) is 7.82. The topological polar surface area (TPSA) is 153 Å². The third-order valence-corrected chi connectivity index (χ3v) is 11.3. The van der Waals surface area contributed by atoms with Crippen LogP contribution in [-0.4, -0.2) is 83.7 Å². The van der Waals surface area contributed by atoms with E-state index in [4.69, 9.17) is 24.2 Å². The number of hydrogen-bond acceptors (Lipinski definition) is 9. The van der Waals surface area contributed by atoms with Crippen LogP contribution in [0.5, 0.6) is 17.4 Å². The van der Waals surface area contributed by atoms with Crippen molar-refractivity contribution < 1.29 is 44.8 Å². The maximum atomic E-state index is 13.6. The lowest BCUT2D eigenvalue weighted by Crippen LogP contribution is -2.48. The standard InChI is InChI=1S/C38H48F3N5O3.C6H8O4S/c1-44-34-25-33(49-36-18-13-29(26-43-36)10-8-6-4-2-3-5-7-9-19-42)17-14-31(34)24-35(44)37(47)46-22-20-45(21-23-46)27-30-11-15-32(16-12-30)48-28-38(39,40)41;1-4-3-6(5(2)10-4)11(7,8)9/h11-18,24-26H,2-10,19-23,27-28,42H2,1H3;3H,1-2H3,(H,7,8,9). The molecule has 6 rings (SSSR count). The van der Waals surface area contributed by atoms with Gasteiger partial charge in [-0.25, -0.2) is 4.98 Å². The number of halogens is 3. The van der Waals surface area contributed by atoms with Crippen LogP contribution in [0, 0.1) is 13.8 Å². The summed E-state index contributed by atoms with van der Waals surface area (Å²) in [5, 5.41) is 0.957. The van der Waals surface area contributed by atoms with Gasteiger partial charge in [-0.1, -0.05) is 56.7 Å². The van der Waals surface area contributed by atoms with E-state index < -0.39 is 22.9 Å². The molecule has 1 fully saturated rings. The first-order valence-corrected chi connectivity index (χ1v) is 21.8. The van der Waals surface area contributed by atoms with Gasteiger partial charge in [0.2, 0.25) is 5.88 Å². The highest BCUT2D eigenvalue weighted by Gasteiger charge is 2.28. The van der Waals surface area contributed by atoms with Gasteiger partial charge in [-0.2, -0.15) is 21.6 Å². The summed E-state index contributed by atoms with van der Waals surface area (Å²) < 4.78 is 84.6. The molecule has 1 aliphatic heterocycles. The van der Waals surface area contributed by atoms with Crippen molar-refractivity contribution in [3.05, 3.63) is 101 Å². The van der Waals surface area contributed by atoms with Crippen molar-refractivity contribution in [1.29, 1.82) is 0 Å². The van der Waals surface area contributed by atoms with Gasteiger partial charge in [0.15, 0.2) is 6.61 Å². The van der Waals surface area contributed by atoms with E-state index in [1.54, 1.807) is 31.2 Å².